The van der Waals surface area contributed by atoms with E-state index in [0.29, 0.717) is 5.92 Å². The number of nitrogens with one attached hydrogen (secondary N) is 1. The van der Waals surface area contributed by atoms with Crippen LogP contribution in [-0.4, -0.2) is 37.1 Å². The molecule has 0 aromatic carbocycles. The first-order valence-corrected chi connectivity index (χ1v) is 13.6. The molecule has 1 aromatic rings. The Morgan fingerprint density at radius 1 is 1.26 bits per heavy atom. The number of nitrogens with zero attached hydrogens (tertiary/aromatic N) is 2. The molecular formula is C29H45N3O2. The summed E-state index contributed by atoms with van der Waals surface area (Å²) in [7, 11) is 1.71. The zero-order valence-electron chi connectivity index (χ0n) is 21.9. The van der Waals surface area contributed by atoms with Crippen LogP contribution < -0.4 is 10.1 Å². The van der Waals surface area contributed by atoms with E-state index in [1.807, 2.05) is 13.1 Å². The SMILES string of the molecule is CCCCC1(C)CC(CCNCc2cnc(C)c(OC)c2)(C2=CCC(C3CCC3)C=N2)CCO1. The fourth-order valence-electron chi connectivity index (χ4n) is 6.11. The smallest absolute Gasteiger partial charge is 0.140 e. The van der Waals surface area contributed by atoms with Crippen LogP contribution in [0.5, 0.6) is 5.75 Å². The highest BCUT2D eigenvalue weighted by molar-refractivity contribution is 5.65. The zero-order valence-corrected chi connectivity index (χ0v) is 21.9. The van der Waals surface area contributed by atoms with Gasteiger partial charge in [-0.05, 0) is 82.9 Å². The lowest BCUT2D eigenvalue weighted by molar-refractivity contribution is -0.113. The molecule has 5 nitrogen and oxygen atoms in total. The Bertz CT molecular complexity index is 878. The molecule has 188 valence electrons. The van der Waals surface area contributed by atoms with E-state index < -0.39 is 0 Å². The third-order valence-corrected chi connectivity index (χ3v) is 8.52. The Balaban J connectivity index is 1.43. The minimum absolute atomic E-state index is 0.0519. The first-order valence-electron chi connectivity index (χ1n) is 13.6. The van der Waals surface area contributed by atoms with Gasteiger partial charge in [0.2, 0.25) is 0 Å². The van der Waals surface area contributed by atoms with Crippen molar-refractivity contribution in [2.75, 3.05) is 20.3 Å². The summed E-state index contributed by atoms with van der Waals surface area (Å²) in [5, 5.41) is 3.68. The fraction of sp³-hybridized carbons (Fsp3) is 0.724. The summed E-state index contributed by atoms with van der Waals surface area (Å²) in [5.41, 5.74) is 3.46. The quantitative estimate of drug-likeness (QED) is 0.383. The highest BCUT2D eigenvalue weighted by Crippen LogP contribution is 2.50. The number of aliphatic imine (C=N–C) groups is 1. The first kappa shape index (κ1) is 25.4. The van der Waals surface area contributed by atoms with Gasteiger partial charge in [-0.15, -0.1) is 0 Å². The van der Waals surface area contributed by atoms with Crippen molar-refractivity contribution in [3.8, 4) is 5.75 Å². The predicted molar refractivity (Wildman–Crippen MR) is 139 cm³/mol. The molecule has 1 aliphatic carbocycles. The van der Waals surface area contributed by atoms with Crippen LogP contribution in [0.3, 0.4) is 0 Å². The lowest BCUT2D eigenvalue weighted by atomic mass is 9.66. The second-order valence-corrected chi connectivity index (χ2v) is 11.1. The number of hydrogen-bond donors (Lipinski definition) is 1. The van der Waals surface area contributed by atoms with Crippen molar-refractivity contribution in [1.82, 2.24) is 10.3 Å². The lowest BCUT2D eigenvalue weighted by Crippen LogP contribution is -2.45. The first-order chi connectivity index (χ1) is 16.5. The van der Waals surface area contributed by atoms with E-state index in [1.165, 1.54) is 44.2 Å². The third kappa shape index (κ3) is 5.91. The number of rotatable bonds is 11. The second kappa shape index (κ2) is 11.3. The molecule has 3 unspecified atom stereocenters. The van der Waals surface area contributed by atoms with Gasteiger partial charge in [-0.3, -0.25) is 9.98 Å². The van der Waals surface area contributed by atoms with Gasteiger partial charge in [-0.2, -0.15) is 0 Å². The van der Waals surface area contributed by atoms with Gasteiger partial charge >= 0.3 is 0 Å². The van der Waals surface area contributed by atoms with Crippen LogP contribution in [-0.2, 0) is 11.3 Å². The molecule has 0 radical (unpaired) electrons. The Hall–Kier alpha value is -1.72. The van der Waals surface area contributed by atoms with E-state index in [1.54, 1.807) is 7.11 Å². The number of ether oxygens (including phenoxy) is 2. The molecule has 1 N–H and O–H groups in total. The number of hydrogen-bond acceptors (Lipinski definition) is 5. The predicted octanol–water partition coefficient (Wildman–Crippen LogP) is 6.40. The van der Waals surface area contributed by atoms with Gasteiger partial charge in [0, 0.05) is 42.6 Å². The summed E-state index contributed by atoms with van der Waals surface area (Å²) in [4.78, 5) is 9.63. The van der Waals surface area contributed by atoms with Gasteiger partial charge in [-0.1, -0.05) is 32.3 Å². The number of unbranched alkanes of at least 4 members (excludes halogenated alkanes) is 1. The Morgan fingerprint density at radius 3 is 2.79 bits per heavy atom. The molecule has 4 rings (SSSR count). The molecule has 0 spiro atoms. The number of methoxy groups -OCH3 is 1. The monoisotopic (exact) mass is 467 g/mol. The molecule has 0 bridgehead atoms. The largest absolute Gasteiger partial charge is 0.495 e. The average molecular weight is 468 g/mol. The van der Waals surface area contributed by atoms with Crippen LogP contribution in [0.25, 0.3) is 0 Å². The number of aryl methyl sites for hydroxylation is 1. The molecule has 0 amide bonds. The molecule has 2 fully saturated rings. The topological polar surface area (TPSA) is 55.7 Å². The summed E-state index contributed by atoms with van der Waals surface area (Å²) in [6.07, 6.45) is 18.9. The van der Waals surface area contributed by atoms with Crippen molar-refractivity contribution in [3.63, 3.8) is 0 Å². The van der Waals surface area contributed by atoms with Crippen molar-refractivity contribution in [1.29, 1.82) is 0 Å². The van der Waals surface area contributed by atoms with Crippen LogP contribution >= 0.6 is 0 Å². The van der Waals surface area contributed by atoms with E-state index in [0.717, 1.165) is 68.3 Å². The molecule has 1 saturated carbocycles. The highest BCUT2D eigenvalue weighted by Gasteiger charge is 2.45. The van der Waals surface area contributed by atoms with Gasteiger partial charge in [0.15, 0.2) is 0 Å². The molecule has 3 aliphatic rings. The maximum absolute atomic E-state index is 6.39. The maximum atomic E-state index is 6.39. The summed E-state index contributed by atoms with van der Waals surface area (Å²) in [5.74, 6) is 2.38. The van der Waals surface area contributed by atoms with Crippen molar-refractivity contribution >= 4 is 6.21 Å². The van der Waals surface area contributed by atoms with Gasteiger partial charge in [0.1, 0.15) is 5.75 Å². The molecule has 3 heterocycles. The zero-order chi connectivity index (χ0) is 24.0. The van der Waals surface area contributed by atoms with Crippen molar-refractivity contribution < 1.29 is 9.47 Å². The summed E-state index contributed by atoms with van der Waals surface area (Å²) in [6.45, 7) is 9.17. The molecule has 1 saturated heterocycles. The summed E-state index contributed by atoms with van der Waals surface area (Å²) < 4.78 is 11.8. The van der Waals surface area contributed by atoms with Gasteiger partial charge < -0.3 is 14.8 Å². The van der Waals surface area contributed by atoms with E-state index in [4.69, 9.17) is 14.5 Å². The number of aromatic nitrogens is 1. The minimum Gasteiger partial charge on any atom is -0.495 e. The van der Waals surface area contributed by atoms with Crippen LogP contribution in [0.1, 0.15) is 89.3 Å². The molecule has 3 atom stereocenters. The Kier molecular flexibility index (Phi) is 8.47. The van der Waals surface area contributed by atoms with Crippen LogP contribution in [0.2, 0.25) is 0 Å². The summed E-state index contributed by atoms with van der Waals surface area (Å²) in [6, 6.07) is 2.09. The van der Waals surface area contributed by atoms with E-state index in [-0.39, 0.29) is 11.0 Å². The number of pyridine rings is 1. The second-order valence-electron chi connectivity index (χ2n) is 11.1. The fourth-order valence-corrected chi connectivity index (χ4v) is 6.11. The van der Waals surface area contributed by atoms with Gasteiger partial charge in [0.05, 0.1) is 18.4 Å². The van der Waals surface area contributed by atoms with Crippen LogP contribution in [0.4, 0.5) is 0 Å². The average Bonchev–Trinajstić information content (AvgIpc) is 2.81. The highest BCUT2D eigenvalue weighted by atomic mass is 16.5. The van der Waals surface area contributed by atoms with Crippen LogP contribution in [0.15, 0.2) is 29.0 Å². The van der Waals surface area contributed by atoms with Crippen molar-refractivity contribution in [2.24, 2.45) is 22.2 Å². The summed E-state index contributed by atoms with van der Waals surface area (Å²) >= 11 is 0. The molecular weight excluding hydrogens is 422 g/mol. The number of allylic oxidation sites excluding steroid dienone is 2. The normalized spacial score (nSPS) is 29.5. The molecule has 5 heteroatoms. The Morgan fingerprint density at radius 2 is 2.12 bits per heavy atom. The van der Waals surface area contributed by atoms with E-state index in [2.05, 4.69) is 42.5 Å². The molecule has 2 aliphatic heterocycles. The van der Waals surface area contributed by atoms with Crippen molar-refractivity contribution in [2.45, 2.75) is 97.1 Å². The van der Waals surface area contributed by atoms with Crippen molar-refractivity contribution in [3.05, 3.63) is 35.3 Å². The molecule has 1 aromatic heterocycles. The lowest BCUT2D eigenvalue weighted by Gasteiger charge is -2.48. The van der Waals surface area contributed by atoms with Gasteiger partial charge in [0.25, 0.3) is 0 Å². The Labute approximate surface area is 206 Å². The van der Waals surface area contributed by atoms with Gasteiger partial charge in [-0.25, -0.2) is 0 Å². The van der Waals surface area contributed by atoms with Crippen LogP contribution in [0, 0.1) is 24.2 Å². The minimum atomic E-state index is -0.0519. The molecule has 34 heavy (non-hydrogen) atoms. The third-order valence-electron chi connectivity index (χ3n) is 8.52. The van der Waals surface area contributed by atoms with E-state index >= 15 is 0 Å². The maximum Gasteiger partial charge on any atom is 0.140 e. The van der Waals surface area contributed by atoms with E-state index in [9.17, 15) is 0 Å². The standard InChI is InChI=1S/C29H45N3O2/c1-5-6-12-28(3)21-29(14-16-34-28,27-11-10-25(20-32-27)24-8-7-9-24)13-15-30-18-23-17-26(33-4)22(2)31-19-23/h11,17,19-20,24-25,30H,5-10,12-16,18,21H2,1-4H3.